The molecule has 0 atom stereocenters. The van der Waals surface area contributed by atoms with Gasteiger partial charge in [0.2, 0.25) is 5.96 Å². The number of rotatable bonds is 1. The summed E-state index contributed by atoms with van der Waals surface area (Å²) < 4.78 is 0. The van der Waals surface area contributed by atoms with Gasteiger partial charge in [-0.1, -0.05) is 12.8 Å². The van der Waals surface area contributed by atoms with Crippen LogP contribution < -0.4 is 11.3 Å². The lowest BCUT2D eigenvalue weighted by Crippen LogP contribution is -2.57. The van der Waals surface area contributed by atoms with Gasteiger partial charge in [-0.3, -0.25) is 10.3 Å². The normalized spacial score (nSPS) is 24.0. The van der Waals surface area contributed by atoms with Gasteiger partial charge in [0.1, 0.15) is 0 Å². The number of guanidine groups is 1. The van der Waals surface area contributed by atoms with Crippen LogP contribution in [0.2, 0.25) is 0 Å². The maximum atomic E-state index is 5.67. The minimum absolute atomic E-state index is 0.255. The average Bonchev–Trinajstić information content (AvgIpc) is 2.88. The zero-order valence-corrected chi connectivity index (χ0v) is 12.7. The molecule has 0 bridgehead atoms. The SMILES string of the molecule is CC(C)(C)N1CCN(C(=NC2CCCC2)NN)CC1. The van der Waals surface area contributed by atoms with Crippen LogP contribution in [0.25, 0.3) is 0 Å². The summed E-state index contributed by atoms with van der Waals surface area (Å²) in [6, 6.07) is 0.478. The number of nitrogens with one attached hydrogen (secondary N) is 1. The molecule has 0 amide bonds. The standard InChI is InChI=1S/C14H29N5/c1-14(2,3)19-10-8-18(9-11-19)13(17-15)16-12-6-4-5-7-12/h12H,4-11,15H2,1-3H3,(H,16,17). The van der Waals surface area contributed by atoms with E-state index in [0.717, 1.165) is 32.1 Å². The highest BCUT2D eigenvalue weighted by atomic mass is 15.4. The summed E-state index contributed by atoms with van der Waals surface area (Å²) in [5, 5.41) is 0. The van der Waals surface area contributed by atoms with Gasteiger partial charge in [0.05, 0.1) is 6.04 Å². The first-order valence-corrected chi connectivity index (χ1v) is 7.55. The largest absolute Gasteiger partial charge is 0.339 e. The first-order valence-electron chi connectivity index (χ1n) is 7.55. The fraction of sp³-hybridized carbons (Fsp3) is 0.929. The van der Waals surface area contributed by atoms with E-state index in [1.807, 2.05) is 0 Å². The van der Waals surface area contributed by atoms with Gasteiger partial charge in [-0.05, 0) is 33.6 Å². The molecule has 1 saturated carbocycles. The number of aliphatic imine (C=N–C) groups is 1. The second-order valence-electron chi connectivity index (χ2n) is 6.68. The minimum atomic E-state index is 0.255. The van der Waals surface area contributed by atoms with E-state index in [1.54, 1.807) is 0 Å². The van der Waals surface area contributed by atoms with Crippen LogP contribution in [-0.4, -0.2) is 53.5 Å². The van der Waals surface area contributed by atoms with Crippen molar-refractivity contribution in [2.75, 3.05) is 26.2 Å². The Morgan fingerprint density at radius 3 is 2.16 bits per heavy atom. The molecule has 0 spiro atoms. The van der Waals surface area contributed by atoms with Crippen LogP contribution in [0.5, 0.6) is 0 Å². The zero-order valence-electron chi connectivity index (χ0n) is 12.7. The third kappa shape index (κ3) is 3.83. The van der Waals surface area contributed by atoms with E-state index in [-0.39, 0.29) is 5.54 Å². The molecule has 2 rings (SSSR count). The predicted octanol–water partition coefficient (Wildman–Crippen LogP) is 1.16. The fourth-order valence-corrected chi connectivity index (χ4v) is 3.01. The molecular formula is C14H29N5. The van der Waals surface area contributed by atoms with E-state index in [1.165, 1.54) is 25.7 Å². The Balaban J connectivity index is 1.91. The van der Waals surface area contributed by atoms with Gasteiger partial charge in [-0.2, -0.15) is 0 Å². The van der Waals surface area contributed by atoms with E-state index in [2.05, 4.69) is 36.0 Å². The second kappa shape index (κ2) is 6.09. The van der Waals surface area contributed by atoms with Crippen molar-refractivity contribution < 1.29 is 0 Å². The molecule has 0 radical (unpaired) electrons. The van der Waals surface area contributed by atoms with E-state index >= 15 is 0 Å². The summed E-state index contributed by atoms with van der Waals surface area (Å²) >= 11 is 0. The van der Waals surface area contributed by atoms with Crippen molar-refractivity contribution in [3.05, 3.63) is 0 Å². The Morgan fingerprint density at radius 2 is 1.68 bits per heavy atom. The average molecular weight is 267 g/mol. The lowest BCUT2D eigenvalue weighted by Gasteiger charge is -2.43. The van der Waals surface area contributed by atoms with E-state index in [4.69, 9.17) is 10.8 Å². The number of hydrogen-bond acceptors (Lipinski definition) is 3. The number of nitrogens with zero attached hydrogens (tertiary/aromatic N) is 3. The van der Waals surface area contributed by atoms with Crippen LogP contribution in [0.15, 0.2) is 4.99 Å². The Morgan fingerprint density at radius 1 is 1.11 bits per heavy atom. The van der Waals surface area contributed by atoms with Crippen LogP contribution >= 0.6 is 0 Å². The zero-order chi connectivity index (χ0) is 13.9. The topological polar surface area (TPSA) is 56.9 Å². The van der Waals surface area contributed by atoms with Crippen LogP contribution in [0.4, 0.5) is 0 Å². The maximum Gasteiger partial charge on any atom is 0.208 e. The van der Waals surface area contributed by atoms with Gasteiger partial charge >= 0.3 is 0 Å². The molecule has 2 fully saturated rings. The molecule has 19 heavy (non-hydrogen) atoms. The lowest BCUT2D eigenvalue weighted by atomic mass is 10.1. The first-order chi connectivity index (χ1) is 9.00. The Hall–Kier alpha value is -0.810. The van der Waals surface area contributed by atoms with E-state index in [0.29, 0.717) is 6.04 Å². The number of nitrogens with two attached hydrogens (primary N) is 1. The van der Waals surface area contributed by atoms with Gasteiger partial charge in [-0.25, -0.2) is 10.8 Å². The monoisotopic (exact) mass is 267 g/mol. The van der Waals surface area contributed by atoms with Crippen LogP contribution in [-0.2, 0) is 0 Å². The van der Waals surface area contributed by atoms with Crippen molar-refractivity contribution in [3.8, 4) is 0 Å². The Bertz CT molecular complexity index is 306. The number of hydrogen-bond donors (Lipinski definition) is 2. The third-order valence-electron chi connectivity index (χ3n) is 4.29. The molecule has 1 aliphatic carbocycles. The summed E-state index contributed by atoms with van der Waals surface area (Å²) in [4.78, 5) is 9.61. The second-order valence-corrected chi connectivity index (χ2v) is 6.68. The van der Waals surface area contributed by atoms with Gasteiger partial charge in [0, 0.05) is 31.7 Å². The maximum absolute atomic E-state index is 5.67. The quantitative estimate of drug-likeness (QED) is 0.324. The highest BCUT2D eigenvalue weighted by Crippen LogP contribution is 2.21. The van der Waals surface area contributed by atoms with Crippen molar-refractivity contribution in [2.24, 2.45) is 10.8 Å². The summed E-state index contributed by atoms with van der Waals surface area (Å²) in [5.41, 5.74) is 3.06. The molecule has 5 heteroatoms. The molecule has 5 nitrogen and oxygen atoms in total. The van der Waals surface area contributed by atoms with Crippen LogP contribution in [0, 0.1) is 0 Å². The summed E-state index contributed by atoms with van der Waals surface area (Å²) in [7, 11) is 0. The Kier molecular flexibility index (Phi) is 4.68. The van der Waals surface area contributed by atoms with E-state index in [9.17, 15) is 0 Å². The molecule has 0 aromatic carbocycles. The molecule has 0 aromatic rings. The summed E-state index contributed by atoms with van der Waals surface area (Å²) in [6.45, 7) is 11.0. The van der Waals surface area contributed by atoms with Crippen molar-refractivity contribution in [1.82, 2.24) is 15.2 Å². The van der Waals surface area contributed by atoms with Crippen molar-refractivity contribution in [2.45, 2.75) is 58.0 Å². The van der Waals surface area contributed by atoms with Gasteiger partial charge in [0.25, 0.3) is 0 Å². The molecule has 1 saturated heterocycles. The molecular weight excluding hydrogens is 238 g/mol. The van der Waals surface area contributed by atoms with Crippen LogP contribution in [0.1, 0.15) is 46.5 Å². The summed E-state index contributed by atoms with van der Waals surface area (Å²) in [6.07, 6.45) is 5.05. The van der Waals surface area contributed by atoms with Crippen molar-refractivity contribution in [3.63, 3.8) is 0 Å². The van der Waals surface area contributed by atoms with Crippen LogP contribution in [0.3, 0.4) is 0 Å². The Labute approximate surface area is 117 Å². The van der Waals surface area contributed by atoms with Gasteiger partial charge in [-0.15, -0.1) is 0 Å². The molecule has 1 aliphatic heterocycles. The molecule has 3 N–H and O–H groups in total. The number of hydrazine groups is 1. The smallest absolute Gasteiger partial charge is 0.208 e. The van der Waals surface area contributed by atoms with Gasteiger partial charge in [0.15, 0.2) is 0 Å². The van der Waals surface area contributed by atoms with Crippen molar-refractivity contribution in [1.29, 1.82) is 0 Å². The minimum Gasteiger partial charge on any atom is -0.339 e. The fourth-order valence-electron chi connectivity index (χ4n) is 3.01. The highest BCUT2D eigenvalue weighted by molar-refractivity contribution is 5.79. The lowest BCUT2D eigenvalue weighted by molar-refractivity contribution is 0.0868. The van der Waals surface area contributed by atoms with Gasteiger partial charge < -0.3 is 4.90 Å². The first kappa shape index (κ1) is 14.6. The number of piperazine rings is 1. The third-order valence-corrected chi connectivity index (χ3v) is 4.29. The van der Waals surface area contributed by atoms with E-state index < -0.39 is 0 Å². The highest BCUT2D eigenvalue weighted by Gasteiger charge is 2.27. The predicted molar refractivity (Wildman–Crippen MR) is 79.9 cm³/mol. The molecule has 110 valence electrons. The molecule has 0 unspecified atom stereocenters. The molecule has 2 aliphatic rings. The molecule has 1 heterocycles. The van der Waals surface area contributed by atoms with Crippen molar-refractivity contribution >= 4 is 5.96 Å². The molecule has 0 aromatic heterocycles. The summed E-state index contributed by atoms with van der Waals surface area (Å²) in [5.74, 6) is 6.56.